The molecule has 1 saturated heterocycles. The minimum Gasteiger partial charge on any atom is -0.399 e. The fourth-order valence-corrected chi connectivity index (χ4v) is 2.31. The summed E-state index contributed by atoms with van der Waals surface area (Å²) in [6, 6.07) is 5.51. The fraction of sp³-hybridized carbons (Fsp3) is 0.417. The van der Waals surface area contributed by atoms with Gasteiger partial charge in [0, 0.05) is 11.4 Å². The normalized spacial score (nSPS) is 15.4. The van der Waals surface area contributed by atoms with E-state index in [9.17, 15) is 4.79 Å². The maximum atomic E-state index is 11.7. The maximum Gasteiger partial charge on any atom is 0.234 e. The van der Waals surface area contributed by atoms with E-state index in [0.717, 1.165) is 24.5 Å². The highest BCUT2D eigenvalue weighted by atomic mass is 32.2. The molecular formula is C12H16N2O2S. The van der Waals surface area contributed by atoms with E-state index >= 15 is 0 Å². The van der Waals surface area contributed by atoms with Crippen LogP contribution in [-0.2, 0) is 9.53 Å². The molecule has 0 aromatic heterocycles. The first-order valence-corrected chi connectivity index (χ1v) is 6.55. The number of carbonyl (C=O) groups excluding carboxylic acids is 1. The van der Waals surface area contributed by atoms with Gasteiger partial charge in [0.15, 0.2) is 0 Å². The second-order valence-corrected chi connectivity index (χ2v) is 5.38. The lowest BCUT2D eigenvalue weighted by Crippen LogP contribution is -2.32. The predicted molar refractivity (Wildman–Crippen MR) is 71.3 cm³/mol. The molecule has 0 spiro atoms. The zero-order valence-electron chi connectivity index (χ0n) is 9.73. The summed E-state index contributed by atoms with van der Waals surface area (Å²) in [7, 11) is 0. The summed E-state index contributed by atoms with van der Waals surface area (Å²) in [6.45, 7) is 3.46. The van der Waals surface area contributed by atoms with Crippen LogP contribution in [0.3, 0.4) is 0 Å². The second kappa shape index (κ2) is 5.42. The molecule has 1 aromatic carbocycles. The van der Waals surface area contributed by atoms with Crippen LogP contribution in [-0.4, -0.2) is 30.1 Å². The van der Waals surface area contributed by atoms with Crippen LogP contribution in [0.1, 0.15) is 5.56 Å². The third kappa shape index (κ3) is 3.38. The fourth-order valence-electron chi connectivity index (χ4n) is 1.46. The Labute approximate surface area is 105 Å². The van der Waals surface area contributed by atoms with E-state index in [-0.39, 0.29) is 5.91 Å². The molecule has 0 atom stereocenters. The largest absolute Gasteiger partial charge is 0.399 e. The van der Waals surface area contributed by atoms with Gasteiger partial charge >= 0.3 is 0 Å². The summed E-state index contributed by atoms with van der Waals surface area (Å²) >= 11 is 1.63. The zero-order chi connectivity index (χ0) is 12.3. The number of anilines is 2. The molecule has 1 fully saturated rings. The molecule has 92 valence electrons. The van der Waals surface area contributed by atoms with Crippen LogP contribution in [0.2, 0.25) is 0 Å². The van der Waals surface area contributed by atoms with Gasteiger partial charge in [0.25, 0.3) is 0 Å². The van der Waals surface area contributed by atoms with E-state index in [0.29, 0.717) is 16.7 Å². The summed E-state index contributed by atoms with van der Waals surface area (Å²) < 4.78 is 5.05. The van der Waals surface area contributed by atoms with Crippen LogP contribution in [0.4, 0.5) is 11.4 Å². The molecule has 0 saturated carbocycles. The van der Waals surface area contributed by atoms with Crippen molar-refractivity contribution in [2.24, 2.45) is 0 Å². The number of nitrogens with one attached hydrogen (secondary N) is 1. The van der Waals surface area contributed by atoms with Gasteiger partial charge in [-0.15, -0.1) is 11.8 Å². The topological polar surface area (TPSA) is 64.3 Å². The number of aryl methyl sites for hydroxylation is 1. The predicted octanol–water partition coefficient (Wildman–Crippen LogP) is 1.65. The van der Waals surface area contributed by atoms with Crippen molar-refractivity contribution in [1.82, 2.24) is 0 Å². The molecule has 1 aliphatic rings. The van der Waals surface area contributed by atoms with E-state index in [1.165, 1.54) is 0 Å². The van der Waals surface area contributed by atoms with E-state index in [2.05, 4.69) is 5.32 Å². The van der Waals surface area contributed by atoms with Crippen molar-refractivity contribution in [2.75, 3.05) is 30.0 Å². The lowest BCUT2D eigenvalue weighted by molar-refractivity contribution is -0.113. The van der Waals surface area contributed by atoms with E-state index in [4.69, 9.17) is 10.5 Å². The lowest BCUT2D eigenvalue weighted by atomic mass is 10.2. The SMILES string of the molecule is Cc1ccc(N)cc1NC(=O)CSC1COC1. The Morgan fingerprint density at radius 3 is 3.00 bits per heavy atom. The highest BCUT2D eigenvalue weighted by Gasteiger charge is 2.19. The van der Waals surface area contributed by atoms with Gasteiger partial charge in [0.05, 0.1) is 24.2 Å². The Bertz CT molecular complexity index is 419. The molecule has 0 bridgehead atoms. The third-order valence-corrected chi connectivity index (χ3v) is 3.77. The Balaban J connectivity index is 1.86. The molecule has 1 amide bonds. The van der Waals surface area contributed by atoms with Crippen molar-refractivity contribution >= 4 is 29.0 Å². The van der Waals surface area contributed by atoms with Crippen molar-refractivity contribution in [1.29, 1.82) is 0 Å². The molecule has 1 aromatic rings. The van der Waals surface area contributed by atoms with Crippen molar-refractivity contribution in [2.45, 2.75) is 12.2 Å². The number of rotatable bonds is 4. The first-order chi connectivity index (χ1) is 8.15. The van der Waals surface area contributed by atoms with Gasteiger partial charge < -0.3 is 15.8 Å². The van der Waals surface area contributed by atoms with Gasteiger partial charge in [0.2, 0.25) is 5.91 Å². The van der Waals surface area contributed by atoms with Gasteiger partial charge in [-0.1, -0.05) is 6.07 Å². The first-order valence-electron chi connectivity index (χ1n) is 5.50. The van der Waals surface area contributed by atoms with E-state index < -0.39 is 0 Å². The molecule has 0 aliphatic carbocycles. The average Bonchev–Trinajstić information content (AvgIpc) is 2.21. The molecule has 3 N–H and O–H groups in total. The maximum absolute atomic E-state index is 11.7. The smallest absolute Gasteiger partial charge is 0.234 e. The summed E-state index contributed by atoms with van der Waals surface area (Å²) in [5.41, 5.74) is 8.15. The Hall–Kier alpha value is -1.20. The standard InChI is InChI=1S/C12H16N2O2S/c1-8-2-3-9(13)4-11(8)14-12(15)7-17-10-5-16-6-10/h2-4,10H,5-7,13H2,1H3,(H,14,15). The van der Waals surface area contributed by atoms with Gasteiger partial charge in [-0.3, -0.25) is 4.79 Å². The van der Waals surface area contributed by atoms with Crippen molar-refractivity contribution in [3.63, 3.8) is 0 Å². The van der Waals surface area contributed by atoms with Gasteiger partial charge in [-0.2, -0.15) is 0 Å². The average molecular weight is 252 g/mol. The van der Waals surface area contributed by atoms with Crippen LogP contribution in [0.5, 0.6) is 0 Å². The first kappa shape index (κ1) is 12.3. The number of nitrogen functional groups attached to an aromatic ring is 1. The Morgan fingerprint density at radius 1 is 1.59 bits per heavy atom. The number of ether oxygens (including phenoxy) is 1. The van der Waals surface area contributed by atoms with Crippen molar-refractivity contribution < 1.29 is 9.53 Å². The van der Waals surface area contributed by atoms with Crippen LogP contribution in [0, 0.1) is 6.92 Å². The second-order valence-electron chi connectivity index (χ2n) is 4.09. The van der Waals surface area contributed by atoms with Crippen LogP contribution >= 0.6 is 11.8 Å². The van der Waals surface area contributed by atoms with Gasteiger partial charge in [-0.05, 0) is 24.6 Å². The van der Waals surface area contributed by atoms with E-state index in [1.807, 2.05) is 19.1 Å². The van der Waals surface area contributed by atoms with Crippen LogP contribution in [0.25, 0.3) is 0 Å². The monoisotopic (exact) mass is 252 g/mol. The number of thioether (sulfide) groups is 1. The Morgan fingerprint density at radius 2 is 2.35 bits per heavy atom. The molecule has 1 aliphatic heterocycles. The number of nitrogens with two attached hydrogens (primary N) is 1. The van der Waals surface area contributed by atoms with Gasteiger partial charge in [0.1, 0.15) is 0 Å². The number of benzene rings is 1. The van der Waals surface area contributed by atoms with Crippen molar-refractivity contribution in [3.8, 4) is 0 Å². The highest BCUT2D eigenvalue weighted by Crippen LogP contribution is 2.21. The summed E-state index contributed by atoms with van der Waals surface area (Å²) in [4.78, 5) is 11.7. The molecule has 0 radical (unpaired) electrons. The summed E-state index contributed by atoms with van der Waals surface area (Å²) in [6.07, 6.45) is 0. The number of hydrogen-bond donors (Lipinski definition) is 2. The minimum atomic E-state index is 0.00981. The lowest BCUT2D eigenvalue weighted by Gasteiger charge is -2.24. The molecule has 5 heteroatoms. The molecular weight excluding hydrogens is 236 g/mol. The molecule has 1 heterocycles. The highest BCUT2D eigenvalue weighted by molar-refractivity contribution is 8.00. The van der Waals surface area contributed by atoms with Crippen molar-refractivity contribution in [3.05, 3.63) is 23.8 Å². The minimum absolute atomic E-state index is 0.00981. The quantitative estimate of drug-likeness (QED) is 0.800. The van der Waals surface area contributed by atoms with Crippen LogP contribution in [0.15, 0.2) is 18.2 Å². The Kier molecular flexibility index (Phi) is 3.91. The van der Waals surface area contributed by atoms with Gasteiger partial charge in [-0.25, -0.2) is 0 Å². The van der Waals surface area contributed by atoms with Crippen LogP contribution < -0.4 is 11.1 Å². The third-order valence-electron chi connectivity index (χ3n) is 2.59. The molecule has 17 heavy (non-hydrogen) atoms. The number of carbonyl (C=O) groups is 1. The molecule has 2 rings (SSSR count). The summed E-state index contributed by atoms with van der Waals surface area (Å²) in [5.74, 6) is 0.470. The molecule has 4 nitrogen and oxygen atoms in total. The number of hydrogen-bond acceptors (Lipinski definition) is 4. The number of amides is 1. The van der Waals surface area contributed by atoms with E-state index in [1.54, 1.807) is 17.8 Å². The summed E-state index contributed by atoms with van der Waals surface area (Å²) in [5, 5.41) is 3.35. The molecule has 0 unspecified atom stereocenters. The zero-order valence-corrected chi connectivity index (χ0v) is 10.5.